The highest BCUT2D eigenvalue weighted by Crippen LogP contribution is 2.29. The van der Waals surface area contributed by atoms with E-state index in [1.54, 1.807) is 7.11 Å². The first kappa shape index (κ1) is 21.8. The molecule has 33 heavy (non-hydrogen) atoms. The van der Waals surface area contributed by atoms with E-state index >= 15 is 0 Å². The minimum absolute atomic E-state index is 0.211. The fraction of sp³-hybridized carbons (Fsp3) is 0.200. The van der Waals surface area contributed by atoms with Gasteiger partial charge in [-0.05, 0) is 61.7 Å². The number of aromatic nitrogens is 3. The van der Waals surface area contributed by atoms with Gasteiger partial charge in [-0.25, -0.2) is 4.98 Å². The Morgan fingerprint density at radius 1 is 1.15 bits per heavy atom. The van der Waals surface area contributed by atoms with Gasteiger partial charge in [0.2, 0.25) is 0 Å². The summed E-state index contributed by atoms with van der Waals surface area (Å²) in [6.07, 6.45) is 1.39. The van der Waals surface area contributed by atoms with Gasteiger partial charge in [-0.2, -0.15) is 15.0 Å². The first-order chi connectivity index (χ1) is 15.9. The lowest BCUT2D eigenvalue weighted by atomic mass is 10.1. The molecule has 1 amide bonds. The second kappa shape index (κ2) is 9.01. The zero-order valence-electron chi connectivity index (χ0n) is 18.8. The number of rotatable bonds is 6. The van der Waals surface area contributed by atoms with Crippen LogP contribution in [0.5, 0.6) is 11.5 Å². The minimum Gasteiger partial charge on any atom is -0.494 e. The number of nitriles is 1. The van der Waals surface area contributed by atoms with Crippen LogP contribution in [0, 0.1) is 32.1 Å². The Morgan fingerprint density at radius 3 is 2.61 bits per heavy atom. The molecule has 4 rings (SSSR count). The third-order valence-corrected chi connectivity index (χ3v) is 5.15. The quantitative estimate of drug-likeness (QED) is 0.480. The predicted octanol–water partition coefficient (Wildman–Crippen LogP) is 4.24. The molecule has 0 fully saturated rings. The van der Waals surface area contributed by atoms with E-state index in [1.165, 1.54) is 10.9 Å². The van der Waals surface area contributed by atoms with Gasteiger partial charge in [0, 0.05) is 5.39 Å². The molecular formula is C25H23N5O3. The van der Waals surface area contributed by atoms with Crippen LogP contribution in [-0.2, 0) is 4.79 Å². The van der Waals surface area contributed by atoms with E-state index < -0.39 is 5.91 Å². The number of carbonyl (C=O) groups is 1. The average Bonchev–Trinajstić information content (AvgIpc) is 3.19. The molecule has 0 bridgehead atoms. The lowest BCUT2D eigenvalue weighted by molar-refractivity contribution is -0.118. The number of pyridine rings is 1. The number of fused-ring (bicyclic) bond motifs is 1. The van der Waals surface area contributed by atoms with Crippen LogP contribution >= 0.6 is 0 Å². The zero-order chi connectivity index (χ0) is 23.5. The number of para-hydroxylation sites is 1. The Bertz CT molecular complexity index is 1380. The fourth-order valence-corrected chi connectivity index (χ4v) is 3.70. The molecule has 4 aromatic rings. The third-order valence-electron chi connectivity index (χ3n) is 5.15. The highest BCUT2D eigenvalue weighted by molar-refractivity contribution is 5.93. The average molecular weight is 441 g/mol. The second-order valence-corrected chi connectivity index (χ2v) is 7.74. The normalized spacial score (nSPS) is 10.6. The summed E-state index contributed by atoms with van der Waals surface area (Å²) < 4.78 is 12.5. The maximum atomic E-state index is 12.7. The Balaban J connectivity index is 1.64. The number of methoxy groups -OCH3 is 1. The molecule has 0 aliphatic heterocycles. The molecule has 0 radical (unpaired) electrons. The van der Waals surface area contributed by atoms with E-state index in [9.17, 15) is 10.1 Å². The fourth-order valence-electron chi connectivity index (χ4n) is 3.70. The van der Waals surface area contributed by atoms with Crippen molar-refractivity contribution in [1.29, 1.82) is 5.26 Å². The first-order valence-electron chi connectivity index (χ1n) is 10.3. The maximum Gasteiger partial charge on any atom is 0.263 e. The van der Waals surface area contributed by atoms with Gasteiger partial charge in [0.15, 0.2) is 18.2 Å². The van der Waals surface area contributed by atoms with Gasteiger partial charge in [-0.1, -0.05) is 18.2 Å². The largest absolute Gasteiger partial charge is 0.494 e. The molecule has 0 atom stereocenters. The first-order valence-corrected chi connectivity index (χ1v) is 10.3. The van der Waals surface area contributed by atoms with Crippen LogP contribution < -0.4 is 14.8 Å². The van der Waals surface area contributed by atoms with Crippen LogP contribution in [0.25, 0.3) is 16.7 Å². The Hall–Kier alpha value is -4.38. The number of anilines is 1. The van der Waals surface area contributed by atoms with E-state index in [0.717, 1.165) is 22.1 Å². The van der Waals surface area contributed by atoms with E-state index in [-0.39, 0.29) is 18.0 Å². The second-order valence-electron chi connectivity index (χ2n) is 7.74. The van der Waals surface area contributed by atoms with Gasteiger partial charge >= 0.3 is 0 Å². The Kier molecular flexibility index (Phi) is 5.96. The zero-order valence-corrected chi connectivity index (χ0v) is 18.8. The van der Waals surface area contributed by atoms with Crippen LogP contribution in [0.15, 0.2) is 48.7 Å². The molecule has 0 unspecified atom stereocenters. The molecule has 0 saturated carbocycles. The number of hydrogen-bond acceptors (Lipinski definition) is 6. The monoisotopic (exact) mass is 441 g/mol. The third kappa shape index (κ3) is 4.48. The van der Waals surface area contributed by atoms with Crippen molar-refractivity contribution in [2.75, 3.05) is 19.0 Å². The van der Waals surface area contributed by atoms with Crippen molar-refractivity contribution in [3.63, 3.8) is 0 Å². The standard InChI is InChI=1S/C25H23N5O3/c1-15-8-16(2)10-19(9-15)33-14-23(31)29-25-18(12-26)13-27-30(25)22-11-17(3)20-6-5-7-21(32-4)24(20)28-22/h5-11,13H,14H2,1-4H3,(H,29,31). The topological polar surface area (TPSA) is 102 Å². The number of nitrogens with zero attached hydrogens (tertiary/aromatic N) is 4. The minimum atomic E-state index is -0.414. The van der Waals surface area contributed by atoms with Crippen molar-refractivity contribution >= 4 is 22.6 Å². The van der Waals surface area contributed by atoms with Crippen molar-refractivity contribution in [3.05, 3.63) is 70.9 Å². The van der Waals surface area contributed by atoms with E-state index in [4.69, 9.17) is 9.47 Å². The molecule has 1 N–H and O–H groups in total. The molecule has 2 heterocycles. The van der Waals surface area contributed by atoms with Gasteiger partial charge in [0.05, 0.1) is 13.3 Å². The number of benzene rings is 2. The maximum absolute atomic E-state index is 12.7. The highest BCUT2D eigenvalue weighted by Gasteiger charge is 2.18. The number of carbonyl (C=O) groups excluding carboxylic acids is 1. The summed E-state index contributed by atoms with van der Waals surface area (Å²) in [5.41, 5.74) is 3.93. The number of amides is 1. The number of hydrogen-bond donors (Lipinski definition) is 1. The number of ether oxygens (including phenoxy) is 2. The highest BCUT2D eigenvalue weighted by atomic mass is 16.5. The SMILES string of the molecule is COc1cccc2c(C)cc(-n3ncc(C#N)c3NC(=O)COc3cc(C)cc(C)c3)nc12. The van der Waals surface area contributed by atoms with Crippen LogP contribution in [0.1, 0.15) is 22.3 Å². The van der Waals surface area contributed by atoms with E-state index in [0.29, 0.717) is 22.8 Å². The molecule has 8 heteroatoms. The Morgan fingerprint density at radius 2 is 1.91 bits per heavy atom. The van der Waals surface area contributed by atoms with Crippen molar-refractivity contribution in [1.82, 2.24) is 14.8 Å². The molecule has 2 aromatic carbocycles. The molecular weight excluding hydrogens is 418 g/mol. The molecule has 0 saturated heterocycles. The van der Waals surface area contributed by atoms with Crippen molar-refractivity contribution in [2.45, 2.75) is 20.8 Å². The molecule has 0 spiro atoms. The van der Waals surface area contributed by atoms with Gasteiger partial charge in [0.1, 0.15) is 28.6 Å². The van der Waals surface area contributed by atoms with Gasteiger partial charge in [-0.3, -0.25) is 4.79 Å². The molecule has 8 nitrogen and oxygen atoms in total. The van der Waals surface area contributed by atoms with E-state index in [2.05, 4.69) is 21.5 Å². The molecule has 2 aromatic heterocycles. The Labute approximate surface area is 191 Å². The summed E-state index contributed by atoms with van der Waals surface area (Å²) in [5, 5.41) is 17.5. The number of aryl methyl sites for hydroxylation is 3. The molecule has 0 aliphatic carbocycles. The lowest BCUT2D eigenvalue weighted by Crippen LogP contribution is -2.22. The van der Waals surface area contributed by atoms with Crippen molar-refractivity contribution < 1.29 is 14.3 Å². The van der Waals surface area contributed by atoms with Gasteiger partial charge in [-0.15, -0.1) is 0 Å². The number of nitrogens with one attached hydrogen (secondary N) is 1. The van der Waals surface area contributed by atoms with E-state index in [1.807, 2.05) is 63.2 Å². The summed E-state index contributed by atoms with van der Waals surface area (Å²) in [6, 6.07) is 15.3. The van der Waals surface area contributed by atoms with Gasteiger partial charge in [0.25, 0.3) is 5.91 Å². The van der Waals surface area contributed by atoms with Crippen LogP contribution in [-0.4, -0.2) is 34.4 Å². The summed E-state index contributed by atoms with van der Waals surface area (Å²) in [6.45, 7) is 5.67. The molecule has 0 aliphatic rings. The molecule has 166 valence electrons. The smallest absolute Gasteiger partial charge is 0.263 e. The van der Waals surface area contributed by atoms with Crippen LogP contribution in [0.2, 0.25) is 0 Å². The van der Waals surface area contributed by atoms with Crippen molar-refractivity contribution in [2.24, 2.45) is 0 Å². The summed E-state index contributed by atoms with van der Waals surface area (Å²) in [7, 11) is 1.58. The summed E-state index contributed by atoms with van der Waals surface area (Å²) >= 11 is 0. The van der Waals surface area contributed by atoms with Crippen molar-refractivity contribution in [3.8, 4) is 23.4 Å². The summed E-state index contributed by atoms with van der Waals surface area (Å²) in [4.78, 5) is 17.3. The lowest BCUT2D eigenvalue weighted by Gasteiger charge is -2.13. The van der Waals surface area contributed by atoms with Gasteiger partial charge < -0.3 is 14.8 Å². The van der Waals surface area contributed by atoms with Crippen LogP contribution in [0.4, 0.5) is 5.82 Å². The van der Waals surface area contributed by atoms with Crippen LogP contribution in [0.3, 0.4) is 0 Å². The predicted molar refractivity (Wildman–Crippen MR) is 125 cm³/mol. The summed E-state index contributed by atoms with van der Waals surface area (Å²) in [5.74, 6) is 1.50.